The zero-order chi connectivity index (χ0) is 18.7. The molecule has 4 nitrogen and oxygen atoms in total. The van der Waals surface area contributed by atoms with Crippen LogP contribution in [0.25, 0.3) is 5.69 Å². The molecule has 1 heterocycles. The summed E-state index contributed by atoms with van der Waals surface area (Å²) in [4.78, 5) is 16.6. The van der Waals surface area contributed by atoms with Gasteiger partial charge in [0.15, 0.2) is 5.16 Å². The molecule has 3 rings (SSSR count). The van der Waals surface area contributed by atoms with Gasteiger partial charge in [0, 0.05) is 28.6 Å². The highest BCUT2D eigenvalue weighted by Crippen LogP contribution is 2.26. The molecule has 0 saturated carbocycles. The van der Waals surface area contributed by atoms with E-state index in [1.54, 1.807) is 19.3 Å². The summed E-state index contributed by atoms with van der Waals surface area (Å²) in [6, 6.07) is 10.7. The molecule has 2 aromatic carbocycles. The molecule has 0 aliphatic rings. The zero-order valence-electron chi connectivity index (χ0n) is 13.6. The van der Waals surface area contributed by atoms with Gasteiger partial charge >= 0.3 is 0 Å². The molecular formula is C18H14BrF2N3OS. The second-order valence-electron chi connectivity index (χ2n) is 5.43. The second-order valence-corrected chi connectivity index (χ2v) is 7.65. The SMILES string of the molecule is CC(Sc1nccn1-c1ccc(Br)cc1)C(=O)Nc1ccc(F)cc1F. The number of nitrogens with zero attached hydrogens (tertiary/aromatic N) is 2. The van der Waals surface area contributed by atoms with Crippen LogP contribution in [-0.4, -0.2) is 20.7 Å². The summed E-state index contributed by atoms with van der Waals surface area (Å²) in [5.41, 5.74) is 0.852. The number of hydrogen-bond donors (Lipinski definition) is 1. The van der Waals surface area contributed by atoms with Gasteiger partial charge in [-0.1, -0.05) is 27.7 Å². The Kier molecular flexibility index (Phi) is 5.73. The van der Waals surface area contributed by atoms with Gasteiger partial charge in [0.25, 0.3) is 0 Å². The predicted molar refractivity (Wildman–Crippen MR) is 102 cm³/mol. The Bertz CT molecular complexity index is 930. The molecule has 0 spiro atoms. The van der Waals surface area contributed by atoms with E-state index >= 15 is 0 Å². The van der Waals surface area contributed by atoms with Crippen molar-refractivity contribution >= 4 is 39.3 Å². The molecular weight excluding hydrogens is 424 g/mol. The molecule has 0 fully saturated rings. The maximum absolute atomic E-state index is 13.7. The fourth-order valence-electron chi connectivity index (χ4n) is 2.21. The number of amides is 1. The van der Waals surface area contributed by atoms with E-state index in [-0.39, 0.29) is 5.69 Å². The number of benzene rings is 2. The van der Waals surface area contributed by atoms with E-state index in [4.69, 9.17) is 0 Å². The molecule has 1 N–H and O–H groups in total. The number of hydrogen-bond acceptors (Lipinski definition) is 3. The number of rotatable bonds is 5. The molecule has 1 unspecified atom stereocenters. The third kappa shape index (κ3) is 4.31. The molecule has 0 aliphatic carbocycles. The second kappa shape index (κ2) is 8.01. The number of halogens is 3. The topological polar surface area (TPSA) is 46.9 Å². The van der Waals surface area contributed by atoms with Gasteiger partial charge in [-0.2, -0.15) is 0 Å². The van der Waals surface area contributed by atoms with E-state index in [2.05, 4.69) is 26.2 Å². The lowest BCUT2D eigenvalue weighted by atomic mass is 10.3. The Morgan fingerprint density at radius 3 is 2.65 bits per heavy atom. The van der Waals surface area contributed by atoms with Crippen molar-refractivity contribution in [1.29, 1.82) is 0 Å². The van der Waals surface area contributed by atoms with E-state index in [0.717, 1.165) is 22.3 Å². The number of carbonyl (C=O) groups is 1. The fourth-order valence-corrected chi connectivity index (χ4v) is 3.36. The first-order valence-electron chi connectivity index (χ1n) is 7.66. The van der Waals surface area contributed by atoms with E-state index in [1.807, 2.05) is 28.8 Å². The average molecular weight is 438 g/mol. The van der Waals surface area contributed by atoms with E-state index < -0.39 is 22.8 Å². The number of carbonyl (C=O) groups excluding carboxylic acids is 1. The number of aromatic nitrogens is 2. The Morgan fingerprint density at radius 2 is 1.96 bits per heavy atom. The third-order valence-corrected chi connectivity index (χ3v) is 5.16. The normalized spacial score (nSPS) is 12.0. The summed E-state index contributed by atoms with van der Waals surface area (Å²) in [5, 5.41) is 2.57. The molecule has 8 heteroatoms. The Labute approximate surface area is 161 Å². The van der Waals surface area contributed by atoms with Crippen molar-refractivity contribution in [3.05, 3.63) is 71.0 Å². The zero-order valence-corrected chi connectivity index (χ0v) is 16.0. The minimum atomic E-state index is -0.813. The van der Waals surface area contributed by atoms with Crippen LogP contribution in [0.15, 0.2) is 64.5 Å². The molecule has 1 amide bonds. The summed E-state index contributed by atoms with van der Waals surface area (Å²) in [6.07, 6.45) is 3.45. The molecule has 134 valence electrons. The monoisotopic (exact) mass is 437 g/mol. The van der Waals surface area contributed by atoms with Gasteiger partial charge in [-0.3, -0.25) is 9.36 Å². The summed E-state index contributed by atoms with van der Waals surface area (Å²) in [7, 11) is 0. The maximum atomic E-state index is 13.7. The van der Waals surface area contributed by atoms with Crippen molar-refractivity contribution in [2.45, 2.75) is 17.3 Å². The van der Waals surface area contributed by atoms with Gasteiger partial charge in [0.05, 0.1) is 10.9 Å². The molecule has 1 aromatic heterocycles. The summed E-state index contributed by atoms with van der Waals surface area (Å²) >= 11 is 4.64. The number of imidazole rings is 1. The van der Waals surface area contributed by atoms with Gasteiger partial charge in [-0.25, -0.2) is 13.8 Å². The van der Waals surface area contributed by atoms with Crippen LogP contribution in [0.3, 0.4) is 0 Å². The average Bonchev–Trinajstić information content (AvgIpc) is 3.06. The Balaban J connectivity index is 1.72. The lowest BCUT2D eigenvalue weighted by Gasteiger charge is -2.13. The molecule has 1 atom stereocenters. The van der Waals surface area contributed by atoms with Gasteiger partial charge < -0.3 is 5.32 Å². The van der Waals surface area contributed by atoms with Crippen molar-refractivity contribution in [1.82, 2.24) is 9.55 Å². The van der Waals surface area contributed by atoms with Crippen molar-refractivity contribution in [3.8, 4) is 5.69 Å². The number of thioether (sulfide) groups is 1. The van der Waals surface area contributed by atoms with Crippen molar-refractivity contribution < 1.29 is 13.6 Å². The van der Waals surface area contributed by atoms with Crippen LogP contribution in [0.2, 0.25) is 0 Å². The summed E-state index contributed by atoms with van der Waals surface area (Å²) in [5.74, 6) is -1.91. The first-order chi connectivity index (χ1) is 12.4. The van der Waals surface area contributed by atoms with Gasteiger partial charge in [0.1, 0.15) is 11.6 Å². The third-order valence-electron chi connectivity index (χ3n) is 3.55. The van der Waals surface area contributed by atoms with Crippen molar-refractivity contribution in [2.24, 2.45) is 0 Å². The highest BCUT2D eigenvalue weighted by molar-refractivity contribution is 9.10. The standard InChI is InChI=1S/C18H14BrF2N3OS/c1-11(17(25)23-16-7-4-13(20)10-15(16)21)26-18-22-8-9-24(18)14-5-2-12(19)3-6-14/h2-11H,1H3,(H,23,25). The van der Waals surface area contributed by atoms with Crippen LogP contribution >= 0.6 is 27.7 Å². The highest BCUT2D eigenvalue weighted by Gasteiger charge is 2.19. The van der Waals surface area contributed by atoms with Gasteiger partial charge in [-0.15, -0.1) is 0 Å². The quantitative estimate of drug-likeness (QED) is 0.569. The van der Waals surface area contributed by atoms with E-state index in [9.17, 15) is 13.6 Å². The highest BCUT2D eigenvalue weighted by atomic mass is 79.9. The molecule has 0 bridgehead atoms. The van der Waals surface area contributed by atoms with Crippen LogP contribution in [0.4, 0.5) is 14.5 Å². The van der Waals surface area contributed by atoms with Crippen LogP contribution < -0.4 is 5.32 Å². The van der Waals surface area contributed by atoms with Crippen LogP contribution in [0.5, 0.6) is 0 Å². The minimum Gasteiger partial charge on any atom is -0.323 e. The molecule has 0 saturated heterocycles. The minimum absolute atomic E-state index is 0.0555. The Morgan fingerprint density at radius 1 is 1.23 bits per heavy atom. The van der Waals surface area contributed by atoms with Gasteiger partial charge in [0.2, 0.25) is 5.91 Å². The van der Waals surface area contributed by atoms with Crippen molar-refractivity contribution in [3.63, 3.8) is 0 Å². The lowest BCUT2D eigenvalue weighted by molar-refractivity contribution is -0.115. The van der Waals surface area contributed by atoms with Crippen LogP contribution in [-0.2, 0) is 4.79 Å². The van der Waals surface area contributed by atoms with Crippen LogP contribution in [0, 0.1) is 11.6 Å². The number of nitrogens with one attached hydrogen (secondary N) is 1. The first-order valence-corrected chi connectivity index (χ1v) is 9.33. The molecule has 0 radical (unpaired) electrons. The van der Waals surface area contributed by atoms with Crippen LogP contribution in [0.1, 0.15) is 6.92 Å². The molecule has 26 heavy (non-hydrogen) atoms. The summed E-state index contributed by atoms with van der Waals surface area (Å²) < 4.78 is 29.5. The smallest absolute Gasteiger partial charge is 0.237 e. The van der Waals surface area contributed by atoms with Crippen molar-refractivity contribution in [2.75, 3.05) is 5.32 Å². The molecule has 0 aliphatic heterocycles. The fraction of sp³-hybridized carbons (Fsp3) is 0.111. The maximum Gasteiger partial charge on any atom is 0.237 e. The number of anilines is 1. The van der Waals surface area contributed by atoms with Gasteiger partial charge in [-0.05, 0) is 43.3 Å². The molecule has 3 aromatic rings. The van der Waals surface area contributed by atoms with E-state index in [1.165, 1.54) is 17.8 Å². The summed E-state index contributed by atoms with van der Waals surface area (Å²) in [6.45, 7) is 1.70. The van der Waals surface area contributed by atoms with E-state index in [0.29, 0.717) is 5.16 Å². The Hall–Kier alpha value is -2.19. The first kappa shape index (κ1) is 18.6. The largest absolute Gasteiger partial charge is 0.323 e. The lowest BCUT2D eigenvalue weighted by Crippen LogP contribution is -2.23. The predicted octanol–water partition coefficient (Wildman–Crippen LogP) is 5.03.